The van der Waals surface area contributed by atoms with Crippen molar-refractivity contribution < 1.29 is 27.6 Å². The van der Waals surface area contributed by atoms with Crippen molar-refractivity contribution in [2.75, 3.05) is 32.7 Å². The molecule has 2 N–H and O–H groups in total. The van der Waals surface area contributed by atoms with Crippen molar-refractivity contribution in [3.05, 3.63) is 93.3 Å². The van der Waals surface area contributed by atoms with Crippen LogP contribution in [0.3, 0.4) is 0 Å². The van der Waals surface area contributed by atoms with Crippen molar-refractivity contribution in [2.45, 2.75) is 19.6 Å². The fourth-order valence-corrected chi connectivity index (χ4v) is 4.73. The maximum Gasteiger partial charge on any atom is 0.416 e. The Morgan fingerprint density at radius 2 is 1.61 bits per heavy atom. The Kier molecular flexibility index (Phi) is 7.94. The van der Waals surface area contributed by atoms with Crippen LogP contribution < -0.4 is 5.73 Å². The minimum absolute atomic E-state index is 0.0223. The lowest BCUT2D eigenvalue weighted by molar-refractivity contribution is -0.138. The second-order valence-electron chi connectivity index (χ2n) is 9.13. The number of Topliss-reactive ketones (excluding diaryl/α,β-unsaturated/α-hetero) is 1. The fourth-order valence-electron chi connectivity index (χ4n) is 4.60. The Morgan fingerprint density at radius 3 is 2.21 bits per heavy atom. The summed E-state index contributed by atoms with van der Waals surface area (Å²) >= 11 is 5.89. The Morgan fingerprint density at radius 1 is 0.974 bits per heavy atom. The van der Waals surface area contributed by atoms with E-state index in [0.29, 0.717) is 42.5 Å². The lowest BCUT2D eigenvalue weighted by Crippen LogP contribution is -2.50. The lowest BCUT2D eigenvalue weighted by Gasteiger charge is -2.34. The number of piperazine rings is 1. The average molecular weight is 547 g/mol. The van der Waals surface area contributed by atoms with Crippen LogP contribution in [0.2, 0.25) is 5.02 Å². The van der Waals surface area contributed by atoms with Crippen LogP contribution in [0.5, 0.6) is 0 Å². The number of aromatic nitrogens is 1. The van der Waals surface area contributed by atoms with Crippen molar-refractivity contribution in [3.8, 4) is 0 Å². The molecule has 0 bridgehead atoms. The quantitative estimate of drug-likeness (QED) is 0.449. The summed E-state index contributed by atoms with van der Waals surface area (Å²) < 4.78 is 42.1. The van der Waals surface area contributed by atoms with Crippen LogP contribution in [-0.2, 0) is 12.7 Å². The number of amides is 2. The molecule has 200 valence electrons. The van der Waals surface area contributed by atoms with E-state index in [1.165, 1.54) is 28.8 Å². The Hall–Kier alpha value is -3.63. The highest BCUT2D eigenvalue weighted by Gasteiger charge is 2.34. The number of primary amides is 1. The first-order chi connectivity index (χ1) is 18.0. The molecule has 0 radical (unpaired) electrons. The first kappa shape index (κ1) is 27.4. The van der Waals surface area contributed by atoms with Crippen LogP contribution in [0.15, 0.2) is 54.6 Å². The molecule has 0 atom stereocenters. The van der Waals surface area contributed by atoms with E-state index in [1.54, 1.807) is 36.1 Å². The summed E-state index contributed by atoms with van der Waals surface area (Å²) in [5.41, 5.74) is 5.65. The molecule has 2 aromatic carbocycles. The first-order valence-electron chi connectivity index (χ1n) is 11.9. The van der Waals surface area contributed by atoms with Crippen molar-refractivity contribution in [3.63, 3.8) is 0 Å². The van der Waals surface area contributed by atoms with Gasteiger partial charge in [0.2, 0.25) is 0 Å². The molecule has 4 rings (SSSR count). The Balaban J connectivity index is 1.50. The predicted molar refractivity (Wildman–Crippen MR) is 136 cm³/mol. The second kappa shape index (κ2) is 11.0. The number of carbonyl (C=O) groups excluding carboxylic acids is 3. The van der Waals surface area contributed by atoms with Gasteiger partial charge in [-0.3, -0.25) is 19.3 Å². The lowest BCUT2D eigenvalue weighted by atomic mass is 10.1. The smallest absolute Gasteiger partial charge is 0.366 e. The highest BCUT2D eigenvalue weighted by atomic mass is 35.5. The van der Waals surface area contributed by atoms with Crippen molar-refractivity contribution in [1.82, 2.24) is 14.4 Å². The molecular formula is C27H26ClF3N4O3. The van der Waals surface area contributed by atoms with Crippen LogP contribution in [0.25, 0.3) is 0 Å². The number of nitrogens with zero attached hydrogens (tertiary/aromatic N) is 3. The van der Waals surface area contributed by atoms with E-state index in [4.69, 9.17) is 17.3 Å². The number of ketones is 1. The van der Waals surface area contributed by atoms with Gasteiger partial charge in [-0.05, 0) is 48.9 Å². The van der Waals surface area contributed by atoms with E-state index in [-0.39, 0.29) is 41.6 Å². The zero-order valence-electron chi connectivity index (χ0n) is 20.6. The molecule has 11 heteroatoms. The summed E-state index contributed by atoms with van der Waals surface area (Å²) in [4.78, 5) is 41.6. The topological polar surface area (TPSA) is 88.6 Å². The van der Waals surface area contributed by atoms with Crippen LogP contribution >= 0.6 is 11.6 Å². The van der Waals surface area contributed by atoms with Crippen LogP contribution in [0, 0.1) is 6.92 Å². The normalized spacial score (nSPS) is 14.5. The third-order valence-electron chi connectivity index (χ3n) is 6.69. The minimum Gasteiger partial charge on any atom is -0.366 e. The van der Waals surface area contributed by atoms with Crippen molar-refractivity contribution in [2.24, 2.45) is 5.73 Å². The number of rotatable bonds is 7. The van der Waals surface area contributed by atoms with Gasteiger partial charge >= 0.3 is 6.18 Å². The van der Waals surface area contributed by atoms with Gasteiger partial charge in [-0.1, -0.05) is 29.8 Å². The van der Waals surface area contributed by atoms with Gasteiger partial charge in [0.05, 0.1) is 23.4 Å². The molecule has 0 spiro atoms. The summed E-state index contributed by atoms with van der Waals surface area (Å²) in [5.74, 6) is -1.26. The number of halogens is 4. The third kappa shape index (κ3) is 5.92. The summed E-state index contributed by atoms with van der Waals surface area (Å²) in [6.45, 7) is 2.95. The molecule has 1 aliphatic heterocycles. The largest absolute Gasteiger partial charge is 0.416 e. The van der Waals surface area contributed by atoms with E-state index in [2.05, 4.69) is 0 Å². The Labute approximate surface area is 222 Å². The van der Waals surface area contributed by atoms with Crippen LogP contribution in [0.4, 0.5) is 13.2 Å². The summed E-state index contributed by atoms with van der Waals surface area (Å²) in [6.07, 6.45) is -4.57. The summed E-state index contributed by atoms with van der Waals surface area (Å²) in [6, 6.07) is 13.1. The van der Waals surface area contributed by atoms with Gasteiger partial charge < -0.3 is 15.2 Å². The molecule has 1 aromatic heterocycles. The standard InChI is InChI=1S/C27H26ClF3N4O3/c1-17-21(25(32)37)14-23(35(17)15-19-4-2-3-5-22(19)27(29,30)31)24(36)16-33-10-12-34(13-11-33)26(38)18-6-8-20(28)9-7-18/h2-9,14H,10-13,15-16H2,1H3,(H2,32,37). The minimum atomic E-state index is -4.57. The fraction of sp³-hybridized carbons (Fsp3) is 0.296. The highest BCUT2D eigenvalue weighted by molar-refractivity contribution is 6.30. The van der Waals surface area contributed by atoms with Gasteiger partial charge in [0, 0.05) is 49.0 Å². The molecule has 2 amide bonds. The summed E-state index contributed by atoms with van der Waals surface area (Å²) in [7, 11) is 0. The molecule has 0 saturated carbocycles. The zero-order chi connectivity index (χ0) is 27.6. The van der Waals surface area contributed by atoms with Gasteiger partial charge in [0.25, 0.3) is 11.8 Å². The van der Waals surface area contributed by atoms with Gasteiger partial charge in [-0.2, -0.15) is 13.2 Å². The Bertz CT molecular complexity index is 1360. The maximum atomic E-state index is 13.6. The molecule has 38 heavy (non-hydrogen) atoms. The van der Waals surface area contributed by atoms with E-state index in [9.17, 15) is 27.6 Å². The molecule has 3 aromatic rings. The second-order valence-corrected chi connectivity index (χ2v) is 9.57. The van der Waals surface area contributed by atoms with E-state index in [1.807, 2.05) is 4.90 Å². The average Bonchev–Trinajstić information content (AvgIpc) is 3.20. The zero-order valence-corrected chi connectivity index (χ0v) is 21.4. The number of hydrogen-bond donors (Lipinski definition) is 1. The first-order valence-corrected chi connectivity index (χ1v) is 12.3. The molecule has 1 fully saturated rings. The van der Waals surface area contributed by atoms with E-state index < -0.39 is 17.6 Å². The van der Waals surface area contributed by atoms with Crippen LogP contribution in [-0.4, -0.2) is 64.7 Å². The van der Waals surface area contributed by atoms with Crippen molar-refractivity contribution >= 4 is 29.2 Å². The number of hydrogen-bond acceptors (Lipinski definition) is 4. The number of carbonyl (C=O) groups is 3. The third-order valence-corrected chi connectivity index (χ3v) is 6.94. The van der Waals surface area contributed by atoms with Gasteiger partial charge in [0.15, 0.2) is 5.78 Å². The van der Waals surface area contributed by atoms with Gasteiger partial charge in [-0.25, -0.2) is 0 Å². The predicted octanol–water partition coefficient (Wildman–Crippen LogP) is 4.26. The number of benzene rings is 2. The van der Waals surface area contributed by atoms with E-state index in [0.717, 1.165) is 6.07 Å². The molecule has 1 saturated heterocycles. The molecule has 1 aliphatic rings. The molecule has 0 aliphatic carbocycles. The SMILES string of the molecule is Cc1c(C(N)=O)cc(C(=O)CN2CCN(C(=O)c3ccc(Cl)cc3)CC2)n1Cc1ccccc1C(F)(F)F. The molecule has 2 heterocycles. The molecule has 7 nitrogen and oxygen atoms in total. The highest BCUT2D eigenvalue weighted by Crippen LogP contribution is 2.33. The van der Waals surface area contributed by atoms with Gasteiger partial charge in [0.1, 0.15) is 0 Å². The van der Waals surface area contributed by atoms with Gasteiger partial charge in [-0.15, -0.1) is 0 Å². The monoisotopic (exact) mass is 546 g/mol. The number of nitrogens with two attached hydrogens (primary N) is 1. The summed E-state index contributed by atoms with van der Waals surface area (Å²) in [5, 5.41) is 0.534. The van der Waals surface area contributed by atoms with E-state index >= 15 is 0 Å². The number of alkyl halides is 3. The van der Waals surface area contributed by atoms with Crippen LogP contribution in [0.1, 0.15) is 48.0 Å². The molecule has 0 unspecified atom stereocenters. The maximum absolute atomic E-state index is 13.6. The molecular weight excluding hydrogens is 521 g/mol. The van der Waals surface area contributed by atoms with Crippen molar-refractivity contribution in [1.29, 1.82) is 0 Å².